The molecule has 2 rings (SSSR count). The molecule has 2 aromatic rings. The lowest BCUT2D eigenvalue weighted by molar-refractivity contribution is -0.142. The van der Waals surface area contributed by atoms with Gasteiger partial charge in [-0.25, -0.2) is 0 Å². The molecule has 0 unspecified atom stereocenters. The number of anilines is 1. The Hall–Kier alpha value is -2.34. The highest BCUT2D eigenvalue weighted by atomic mass is 32.1. The lowest BCUT2D eigenvalue weighted by Gasteiger charge is -2.14. The number of thiol groups is 1. The first-order chi connectivity index (χ1) is 11.6. The first-order valence-corrected chi connectivity index (χ1v) is 8.20. The molecule has 6 heteroatoms. The van der Waals surface area contributed by atoms with Gasteiger partial charge in [0.2, 0.25) is 0 Å². The van der Waals surface area contributed by atoms with E-state index in [4.69, 9.17) is 19.9 Å². The number of hydrogen-bond donors (Lipinski definition) is 2. The quantitative estimate of drug-likeness (QED) is 0.455. The molecule has 0 aromatic heterocycles. The molecule has 0 aliphatic rings. The smallest absolute Gasteiger partial charge is 0.310 e. The molecule has 0 atom stereocenters. The molecule has 0 saturated carbocycles. The molecule has 0 aliphatic carbocycles. The number of nitrogens with two attached hydrogens (primary N) is 1. The first-order valence-electron chi connectivity index (χ1n) is 7.57. The van der Waals surface area contributed by atoms with Gasteiger partial charge in [-0.05, 0) is 42.8 Å². The molecule has 0 saturated heterocycles. The number of carbonyl (C=O) groups excluding carboxylic acids is 1. The van der Waals surface area contributed by atoms with Gasteiger partial charge < -0.3 is 19.9 Å². The van der Waals surface area contributed by atoms with Crippen molar-refractivity contribution in [2.24, 2.45) is 0 Å². The van der Waals surface area contributed by atoms with E-state index in [1.54, 1.807) is 38.3 Å². The van der Waals surface area contributed by atoms with Crippen LogP contribution in [0.1, 0.15) is 18.1 Å². The molecule has 5 nitrogen and oxygen atoms in total. The molecule has 2 aromatic carbocycles. The highest BCUT2D eigenvalue weighted by Gasteiger charge is 2.12. The number of esters is 1. The molecule has 0 heterocycles. The maximum atomic E-state index is 11.7. The average molecular weight is 347 g/mol. The van der Waals surface area contributed by atoms with Crippen molar-refractivity contribution in [3.63, 3.8) is 0 Å². The predicted octanol–water partition coefficient (Wildman–Crippen LogP) is 3.61. The summed E-state index contributed by atoms with van der Waals surface area (Å²) >= 11 is 4.30. The number of methoxy groups -OCH3 is 1. The van der Waals surface area contributed by atoms with Crippen molar-refractivity contribution in [2.45, 2.75) is 19.1 Å². The minimum absolute atomic E-state index is 0.176. The van der Waals surface area contributed by atoms with Gasteiger partial charge in [0.25, 0.3) is 0 Å². The monoisotopic (exact) mass is 347 g/mol. The lowest BCUT2D eigenvalue weighted by Crippen LogP contribution is -2.07. The van der Waals surface area contributed by atoms with E-state index >= 15 is 0 Å². The Balaban J connectivity index is 2.29. The Morgan fingerprint density at radius 1 is 1.12 bits per heavy atom. The fourth-order valence-corrected chi connectivity index (χ4v) is 2.48. The Morgan fingerprint density at radius 3 is 2.54 bits per heavy atom. The highest BCUT2D eigenvalue weighted by Crippen LogP contribution is 2.35. The van der Waals surface area contributed by atoms with Crippen LogP contribution in [0, 0.1) is 0 Å². The summed E-state index contributed by atoms with van der Waals surface area (Å²) in [4.78, 5) is 11.7. The molecule has 2 N–H and O–H groups in total. The molecular weight excluding hydrogens is 326 g/mol. The SMILES string of the molecule is CCOC(=O)Cc1ccc(OC)c(Oc2ccc(N)cc2CS)c1. The Bertz CT molecular complexity index is 718. The van der Waals surface area contributed by atoms with Gasteiger partial charge in [0.1, 0.15) is 5.75 Å². The number of rotatable bonds is 7. The third-order valence-corrected chi connectivity index (χ3v) is 3.70. The largest absolute Gasteiger partial charge is 0.493 e. The van der Waals surface area contributed by atoms with Crippen LogP contribution in [0.2, 0.25) is 0 Å². The maximum Gasteiger partial charge on any atom is 0.310 e. The summed E-state index contributed by atoms with van der Waals surface area (Å²) in [6, 6.07) is 10.7. The summed E-state index contributed by atoms with van der Waals surface area (Å²) in [5.74, 6) is 1.95. The normalized spacial score (nSPS) is 10.3. The Kier molecular flexibility index (Phi) is 6.37. The van der Waals surface area contributed by atoms with E-state index in [1.165, 1.54) is 0 Å². The summed E-state index contributed by atoms with van der Waals surface area (Å²) in [7, 11) is 1.57. The van der Waals surface area contributed by atoms with Crippen LogP contribution in [0.15, 0.2) is 36.4 Å². The van der Waals surface area contributed by atoms with Gasteiger partial charge in [0, 0.05) is 17.0 Å². The van der Waals surface area contributed by atoms with E-state index in [0.717, 1.165) is 11.1 Å². The van der Waals surface area contributed by atoms with Crippen LogP contribution in [-0.4, -0.2) is 19.7 Å². The highest BCUT2D eigenvalue weighted by molar-refractivity contribution is 7.79. The second-order valence-corrected chi connectivity index (χ2v) is 5.41. The van der Waals surface area contributed by atoms with Crippen LogP contribution in [0.25, 0.3) is 0 Å². The number of carbonyl (C=O) groups is 1. The minimum atomic E-state index is -0.280. The summed E-state index contributed by atoms with van der Waals surface area (Å²) < 4.78 is 16.3. The van der Waals surface area contributed by atoms with Crippen molar-refractivity contribution in [3.8, 4) is 17.2 Å². The van der Waals surface area contributed by atoms with Gasteiger partial charge in [0.05, 0.1) is 20.1 Å². The van der Waals surface area contributed by atoms with E-state index < -0.39 is 0 Å². The number of ether oxygens (including phenoxy) is 3. The van der Waals surface area contributed by atoms with E-state index in [-0.39, 0.29) is 12.4 Å². The van der Waals surface area contributed by atoms with Crippen molar-refractivity contribution in [2.75, 3.05) is 19.5 Å². The van der Waals surface area contributed by atoms with Crippen LogP contribution < -0.4 is 15.2 Å². The molecule has 0 fully saturated rings. The second-order valence-electron chi connectivity index (χ2n) is 5.09. The van der Waals surface area contributed by atoms with E-state index in [2.05, 4.69) is 12.6 Å². The zero-order valence-corrected chi connectivity index (χ0v) is 14.6. The van der Waals surface area contributed by atoms with Crippen molar-refractivity contribution in [1.29, 1.82) is 0 Å². The van der Waals surface area contributed by atoms with Crippen LogP contribution in [0.3, 0.4) is 0 Å². The van der Waals surface area contributed by atoms with Crippen LogP contribution in [-0.2, 0) is 21.7 Å². The van der Waals surface area contributed by atoms with Crippen molar-refractivity contribution in [3.05, 3.63) is 47.5 Å². The zero-order valence-electron chi connectivity index (χ0n) is 13.7. The Labute approximate surface area is 147 Å². The topological polar surface area (TPSA) is 70.8 Å². The van der Waals surface area contributed by atoms with Gasteiger partial charge >= 0.3 is 5.97 Å². The third kappa shape index (κ3) is 4.58. The van der Waals surface area contributed by atoms with E-state index in [0.29, 0.717) is 35.3 Å². The standard InChI is InChI=1S/C18H21NO4S/c1-3-22-18(20)9-12-4-6-16(21-2)17(8-12)23-15-7-5-14(19)10-13(15)11-24/h4-8,10,24H,3,9,11,19H2,1-2H3. The maximum absolute atomic E-state index is 11.7. The lowest BCUT2D eigenvalue weighted by atomic mass is 10.1. The van der Waals surface area contributed by atoms with E-state index in [9.17, 15) is 4.79 Å². The predicted molar refractivity (Wildman–Crippen MR) is 96.9 cm³/mol. The summed E-state index contributed by atoms with van der Waals surface area (Å²) in [6.07, 6.45) is 0.176. The summed E-state index contributed by atoms with van der Waals surface area (Å²) in [5, 5.41) is 0. The first kappa shape index (κ1) is 18.0. The molecule has 0 bridgehead atoms. The van der Waals surface area contributed by atoms with Gasteiger partial charge in [-0.15, -0.1) is 0 Å². The molecule has 0 aliphatic heterocycles. The van der Waals surface area contributed by atoms with E-state index in [1.807, 2.05) is 12.1 Å². The number of benzene rings is 2. The number of nitrogen functional groups attached to an aromatic ring is 1. The molecule has 0 spiro atoms. The molecular formula is C18H21NO4S. The van der Waals surface area contributed by atoms with Gasteiger partial charge in [-0.1, -0.05) is 6.07 Å². The summed E-state index contributed by atoms with van der Waals surface area (Å²) in [6.45, 7) is 2.13. The fourth-order valence-electron chi connectivity index (χ4n) is 2.23. The second kappa shape index (κ2) is 8.49. The number of hydrogen-bond acceptors (Lipinski definition) is 6. The van der Waals surface area contributed by atoms with Gasteiger partial charge in [-0.3, -0.25) is 4.79 Å². The van der Waals surface area contributed by atoms with Gasteiger partial charge in [0.15, 0.2) is 11.5 Å². The third-order valence-electron chi connectivity index (χ3n) is 3.36. The minimum Gasteiger partial charge on any atom is -0.493 e. The van der Waals surface area contributed by atoms with Crippen molar-refractivity contribution in [1.82, 2.24) is 0 Å². The molecule has 24 heavy (non-hydrogen) atoms. The summed E-state index contributed by atoms with van der Waals surface area (Å²) in [5.41, 5.74) is 8.10. The van der Waals surface area contributed by atoms with Crippen LogP contribution in [0.5, 0.6) is 17.2 Å². The zero-order chi connectivity index (χ0) is 17.5. The molecule has 0 amide bonds. The van der Waals surface area contributed by atoms with Crippen molar-refractivity contribution < 1.29 is 19.0 Å². The Morgan fingerprint density at radius 2 is 1.88 bits per heavy atom. The van der Waals surface area contributed by atoms with Crippen LogP contribution in [0.4, 0.5) is 5.69 Å². The molecule has 0 radical (unpaired) electrons. The van der Waals surface area contributed by atoms with Gasteiger partial charge in [-0.2, -0.15) is 12.6 Å². The molecule has 128 valence electrons. The van der Waals surface area contributed by atoms with Crippen LogP contribution >= 0.6 is 12.6 Å². The van der Waals surface area contributed by atoms with Crippen molar-refractivity contribution >= 4 is 24.3 Å². The average Bonchev–Trinajstić information content (AvgIpc) is 2.57. The fraction of sp³-hybridized carbons (Fsp3) is 0.278.